The highest BCUT2D eigenvalue weighted by Crippen LogP contribution is 2.43. The minimum atomic E-state index is 0.546. The molecule has 0 N–H and O–H groups in total. The fourth-order valence-corrected chi connectivity index (χ4v) is 10.5. The summed E-state index contributed by atoms with van der Waals surface area (Å²) in [6.07, 6.45) is 0. The second-order valence-electron chi connectivity index (χ2n) is 15.5. The molecule has 0 bridgehead atoms. The summed E-state index contributed by atoms with van der Waals surface area (Å²) in [7, 11) is 0. The number of nitrogens with zero attached hydrogens (tertiary/aromatic N) is 4. The van der Waals surface area contributed by atoms with E-state index < -0.39 is 0 Å². The molecule has 9 aromatic carbocycles. The van der Waals surface area contributed by atoms with E-state index >= 15 is 0 Å². The Morgan fingerprint density at radius 2 is 1.05 bits per heavy atom. The van der Waals surface area contributed by atoms with Crippen molar-refractivity contribution in [2.75, 3.05) is 0 Å². The molecule has 0 aliphatic rings. The third-order valence-electron chi connectivity index (χ3n) is 12.1. The van der Waals surface area contributed by atoms with Crippen molar-refractivity contribution in [3.05, 3.63) is 194 Å². The van der Waals surface area contributed by atoms with Gasteiger partial charge in [0.05, 0.1) is 11.0 Å². The minimum absolute atomic E-state index is 0.546. The van der Waals surface area contributed by atoms with Gasteiger partial charge in [0.15, 0.2) is 11.6 Å². The van der Waals surface area contributed by atoms with Crippen LogP contribution in [0.4, 0.5) is 0 Å². The average molecular weight is 827 g/mol. The van der Waals surface area contributed by atoms with Crippen LogP contribution in [0, 0.1) is 0 Å². The van der Waals surface area contributed by atoms with Gasteiger partial charge in [-0.2, -0.15) is 9.97 Å². The van der Waals surface area contributed by atoms with Crippen molar-refractivity contribution in [3.8, 4) is 51.0 Å². The molecule has 13 rings (SSSR count). The lowest BCUT2D eigenvalue weighted by atomic mass is 9.97. The Hall–Kier alpha value is -7.93. The molecule has 5 nitrogen and oxygen atoms in total. The Bertz CT molecular complexity index is 3880. The van der Waals surface area contributed by atoms with Gasteiger partial charge in [-0.1, -0.05) is 178 Å². The van der Waals surface area contributed by atoms with E-state index in [4.69, 9.17) is 19.4 Å². The molecule has 0 amide bonds. The zero-order valence-corrected chi connectivity index (χ0v) is 35.4. The minimum Gasteiger partial charge on any atom is -0.456 e. The van der Waals surface area contributed by atoms with E-state index in [2.05, 4.69) is 162 Å². The molecular weight excluding hydrogens is 789 g/mol. The van der Waals surface area contributed by atoms with E-state index in [9.17, 15) is 0 Å². The molecule has 0 fully saturated rings. The number of fused-ring (bicyclic) bond motifs is 11. The van der Waals surface area contributed by atoms with Crippen LogP contribution < -0.4 is 0 Å². The van der Waals surface area contributed by atoms with E-state index in [1.54, 1.807) is 0 Å². The first-order valence-electron chi connectivity index (χ1n) is 21.4. The van der Waals surface area contributed by atoms with Gasteiger partial charge in [-0.25, -0.2) is 4.98 Å². The fourth-order valence-electron chi connectivity index (χ4n) is 9.26. The molecule has 0 unspecified atom stereocenters. The van der Waals surface area contributed by atoms with Gasteiger partial charge in [0.1, 0.15) is 11.2 Å². The maximum atomic E-state index is 6.35. The molecule has 0 aliphatic heterocycles. The summed E-state index contributed by atoms with van der Waals surface area (Å²) in [4.78, 5) is 15.8. The van der Waals surface area contributed by atoms with E-state index in [1.807, 2.05) is 61.6 Å². The molecule has 63 heavy (non-hydrogen) atoms. The van der Waals surface area contributed by atoms with Crippen molar-refractivity contribution < 1.29 is 4.42 Å². The largest absolute Gasteiger partial charge is 0.456 e. The van der Waals surface area contributed by atoms with Crippen LogP contribution in [0.2, 0.25) is 0 Å². The quantitative estimate of drug-likeness (QED) is 0.173. The third kappa shape index (κ3) is 5.94. The van der Waals surface area contributed by atoms with Crippen molar-refractivity contribution >= 4 is 86.0 Å². The lowest BCUT2D eigenvalue weighted by Crippen LogP contribution is -2.07. The van der Waals surface area contributed by atoms with Crippen molar-refractivity contribution in [1.29, 1.82) is 0 Å². The van der Waals surface area contributed by atoms with Gasteiger partial charge in [-0.3, -0.25) is 4.57 Å². The van der Waals surface area contributed by atoms with Crippen molar-refractivity contribution in [2.45, 2.75) is 13.8 Å². The first-order valence-corrected chi connectivity index (χ1v) is 22.2. The van der Waals surface area contributed by atoms with Gasteiger partial charge >= 0.3 is 0 Å². The molecule has 0 atom stereocenters. The highest BCUT2D eigenvalue weighted by molar-refractivity contribution is 7.26. The lowest BCUT2D eigenvalue weighted by molar-refractivity contribution is 0.669. The average Bonchev–Trinajstić information content (AvgIpc) is 4.04. The zero-order valence-electron chi connectivity index (χ0n) is 34.6. The van der Waals surface area contributed by atoms with Crippen LogP contribution in [-0.2, 0) is 0 Å². The normalized spacial score (nSPS) is 11.7. The summed E-state index contributed by atoms with van der Waals surface area (Å²) in [5.74, 6) is 1.71. The number of thiophene rings is 1. The molecule has 4 heterocycles. The van der Waals surface area contributed by atoms with Gasteiger partial charge in [-0.15, -0.1) is 11.3 Å². The summed E-state index contributed by atoms with van der Waals surface area (Å²) < 4.78 is 11.2. The van der Waals surface area contributed by atoms with Gasteiger partial charge in [0.2, 0.25) is 5.95 Å². The molecule has 0 spiro atoms. The summed E-state index contributed by atoms with van der Waals surface area (Å²) in [6.45, 7) is 4.00. The molecule has 0 saturated carbocycles. The number of rotatable bonds is 5. The summed E-state index contributed by atoms with van der Waals surface area (Å²) >= 11 is 1.86. The third-order valence-corrected chi connectivity index (χ3v) is 13.3. The highest BCUT2D eigenvalue weighted by Gasteiger charge is 2.22. The highest BCUT2D eigenvalue weighted by atomic mass is 32.1. The van der Waals surface area contributed by atoms with Crippen LogP contribution >= 0.6 is 11.3 Å². The standard InChI is InChI=1S/C55H32N4OS.C2H6/c1-2-13-36(14-3-1)53-56-54(37-28-30-42-41-16-6-8-22-47(41)60-48(42)32-37)58-55(57-53)59-46-31-29-33-12-4-5-15-38(33)50(46)45-21-10-18-39(51(45)59)34-24-26-35(27-25-34)40-19-11-20-44-43-17-7-9-23-49(43)61-52(40)44;1-2/h1-32H;1-2H3. The number of hydrogen-bond donors (Lipinski definition) is 0. The SMILES string of the molecule is CC.c1ccc(-c2nc(-c3ccc4c(c3)oc3ccccc34)nc(-n3c4ccc5ccccc5c4c4cccc(-c5ccc(-c6cccc7c6sc6ccccc67)cc5)c43)n2)cc1. The molecule has 4 aromatic heterocycles. The first kappa shape index (κ1) is 36.9. The second kappa shape index (κ2) is 14.9. The van der Waals surface area contributed by atoms with Gasteiger partial charge in [0.25, 0.3) is 0 Å². The van der Waals surface area contributed by atoms with E-state index in [0.717, 1.165) is 66.0 Å². The first-order chi connectivity index (χ1) is 31.2. The predicted octanol–water partition coefficient (Wildman–Crippen LogP) is 16.1. The Morgan fingerprint density at radius 1 is 0.429 bits per heavy atom. The fraction of sp³-hybridized carbons (Fsp3) is 0.0351. The second-order valence-corrected chi connectivity index (χ2v) is 16.6. The van der Waals surface area contributed by atoms with Gasteiger partial charge in [0, 0.05) is 58.4 Å². The summed E-state index contributed by atoms with van der Waals surface area (Å²) in [6, 6.07) is 68.6. The smallest absolute Gasteiger partial charge is 0.238 e. The molecule has 6 heteroatoms. The number of hydrogen-bond acceptors (Lipinski definition) is 5. The number of para-hydroxylation sites is 2. The molecular formula is C57H38N4OS. The molecule has 298 valence electrons. The molecule has 0 aliphatic carbocycles. The van der Waals surface area contributed by atoms with Crippen LogP contribution in [0.15, 0.2) is 199 Å². The van der Waals surface area contributed by atoms with Crippen LogP contribution in [0.1, 0.15) is 13.8 Å². The molecule has 0 saturated heterocycles. The van der Waals surface area contributed by atoms with Gasteiger partial charge in [-0.05, 0) is 57.8 Å². The van der Waals surface area contributed by atoms with E-state index in [0.29, 0.717) is 17.6 Å². The summed E-state index contributed by atoms with van der Waals surface area (Å²) in [5, 5.41) is 9.40. The van der Waals surface area contributed by atoms with Crippen LogP contribution in [0.5, 0.6) is 0 Å². The molecule has 13 aromatic rings. The van der Waals surface area contributed by atoms with Crippen molar-refractivity contribution in [3.63, 3.8) is 0 Å². The van der Waals surface area contributed by atoms with Crippen LogP contribution in [0.3, 0.4) is 0 Å². The Balaban J connectivity index is 0.00000208. The lowest BCUT2D eigenvalue weighted by Gasteiger charge is -2.13. The predicted molar refractivity (Wildman–Crippen MR) is 265 cm³/mol. The van der Waals surface area contributed by atoms with E-state index in [1.165, 1.54) is 42.1 Å². The maximum absolute atomic E-state index is 6.35. The van der Waals surface area contributed by atoms with Crippen LogP contribution in [0.25, 0.3) is 126 Å². The van der Waals surface area contributed by atoms with Crippen molar-refractivity contribution in [2.24, 2.45) is 0 Å². The topological polar surface area (TPSA) is 56.7 Å². The number of benzene rings is 9. The molecule has 0 radical (unpaired) electrons. The van der Waals surface area contributed by atoms with Gasteiger partial charge < -0.3 is 4.42 Å². The Labute approximate surface area is 367 Å². The Morgan fingerprint density at radius 3 is 1.87 bits per heavy atom. The number of aromatic nitrogens is 4. The van der Waals surface area contributed by atoms with E-state index in [-0.39, 0.29) is 0 Å². The zero-order chi connectivity index (χ0) is 42.0. The Kier molecular flexibility index (Phi) is 8.73. The monoisotopic (exact) mass is 826 g/mol. The number of furan rings is 1. The maximum Gasteiger partial charge on any atom is 0.238 e. The van der Waals surface area contributed by atoms with Crippen LogP contribution in [-0.4, -0.2) is 19.5 Å². The summed E-state index contributed by atoms with van der Waals surface area (Å²) in [5.41, 5.74) is 10.1. The van der Waals surface area contributed by atoms with Crippen molar-refractivity contribution in [1.82, 2.24) is 19.5 Å².